The molecule has 0 aromatic heterocycles. The Kier molecular flexibility index (Phi) is 3.00. The highest BCUT2D eigenvalue weighted by Crippen LogP contribution is 2.42. The molecule has 0 spiro atoms. The summed E-state index contributed by atoms with van der Waals surface area (Å²) in [5.74, 6) is 0.881. The smallest absolute Gasteiger partial charge is 0.186 e. The first kappa shape index (κ1) is 10.6. The zero-order valence-corrected chi connectivity index (χ0v) is 10.6. The van der Waals surface area contributed by atoms with Crippen molar-refractivity contribution in [1.82, 2.24) is 0 Å². The summed E-state index contributed by atoms with van der Waals surface area (Å²) in [4.78, 5) is 0. The third kappa shape index (κ3) is 2.58. The van der Waals surface area contributed by atoms with Crippen LogP contribution < -0.4 is 0 Å². The van der Waals surface area contributed by atoms with Crippen LogP contribution in [-0.2, 0) is 9.16 Å². The van der Waals surface area contributed by atoms with E-state index in [-0.39, 0.29) is 0 Å². The van der Waals surface area contributed by atoms with Crippen LogP contribution in [0.15, 0.2) is 0 Å². The van der Waals surface area contributed by atoms with Gasteiger partial charge in [-0.1, -0.05) is 0 Å². The molecular weight excluding hydrogens is 192 g/mol. The second-order valence-corrected chi connectivity index (χ2v) is 9.51. The van der Waals surface area contributed by atoms with Crippen LogP contribution in [0, 0.1) is 5.92 Å². The summed E-state index contributed by atoms with van der Waals surface area (Å²) in [6.07, 6.45) is 5.23. The molecule has 1 saturated carbocycles. The summed E-state index contributed by atoms with van der Waals surface area (Å²) in [6, 6.07) is 1.33. The third-order valence-electron chi connectivity index (χ3n) is 3.43. The molecule has 0 amide bonds. The van der Waals surface area contributed by atoms with Gasteiger partial charge in [-0.2, -0.15) is 0 Å². The van der Waals surface area contributed by atoms with E-state index in [0.29, 0.717) is 12.2 Å². The van der Waals surface area contributed by atoms with Crippen molar-refractivity contribution in [3.63, 3.8) is 0 Å². The van der Waals surface area contributed by atoms with Crippen molar-refractivity contribution in [1.29, 1.82) is 0 Å². The molecule has 0 bridgehead atoms. The van der Waals surface area contributed by atoms with Gasteiger partial charge in [0.15, 0.2) is 8.32 Å². The zero-order chi connectivity index (χ0) is 10.2. The van der Waals surface area contributed by atoms with E-state index in [2.05, 4.69) is 20.0 Å². The van der Waals surface area contributed by atoms with E-state index in [1.807, 2.05) is 0 Å². The Balaban J connectivity index is 1.78. The van der Waals surface area contributed by atoms with Crippen LogP contribution in [0.25, 0.3) is 0 Å². The number of hydrogen-bond acceptors (Lipinski definition) is 2. The predicted octanol–water partition coefficient (Wildman–Crippen LogP) is 2.80. The van der Waals surface area contributed by atoms with Gasteiger partial charge >= 0.3 is 0 Å². The van der Waals surface area contributed by atoms with Crippen LogP contribution in [0.2, 0.25) is 19.1 Å². The van der Waals surface area contributed by atoms with Crippen molar-refractivity contribution in [3.05, 3.63) is 0 Å². The SMILES string of the molecule is CCO[Si](C)(C)CC1CCC2OC2C1. The summed E-state index contributed by atoms with van der Waals surface area (Å²) in [5.41, 5.74) is 0. The van der Waals surface area contributed by atoms with Crippen LogP contribution in [-0.4, -0.2) is 27.1 Å². The molecule has 0 aromatic rings. The lowest BCUT2D eigenvalue weighted by atomic mass is 9.91. The number of epoxide rings is 1. The average molecular weight is 214 g/mol. The lowest BCUT2D eigenvalue weighted by Crippen LogP contribution is -2.34. The van der Waals surface area contributed by atoms with Crippen molar-refractivity contribution in [2.24, 2.45) is 5.92 Å². The first-order chi connectivity index (χ1) is 6.61. The Morgan fingerprint density at radius 2 is 2.07 bits per heavy atom. The molecule has 2 fully saturated rings. The summed E-state index contributed by atoms with van der Waals surface area (Å²) in [6.45, 7) is 7.68. The lowest BCUT2D eigenvalue weighted by molar-refractivity contribution is 0.311. The van der Waals surface area contributed by atoms with Crippen LogP contribution in [0.5, 0.6) is 0 Å². The van der Waals surface area contributed by atoms with Crippen molar-refractivity contribution in [2.45, 2.75) is 57.5 Å². The molecule has 1 heterocycles. The Morgan fingerprint density at radius 3 is 2.71 bits per heavy atom. The second-order valence-electron chi connectivity index (χ2n) is 5.29. The topological polar surface area (TPSA) is 21.8 Å². The fourth-order valence-corrected chi connectivity index (χ4v) is 5.48. The average Bonchev–Trinajstić information content (AvgIpc) is 2.80. The number of hydrogen-bond donors (Lipinski definition) is 0. The fourth-order valence-electron chi connectivity index (χ4n) is 2.82. The van der Waals surface area contributed by atoms with Crippen molar-refractivity contribution < 1.29 is 9.16 Å². The Hall–Kier alpha value is 0.137. The molecule has 3 atom stereocenters. The van der Waals surface area contributed by atoms with Gasteiger partial charge in [0.2, 0.25) is 0 Å². The molecule has 82 valence electrons. The van der Waals surface area contributed by atoms with Gasteiger partial charge in [0.05, 0.1) is 12.2 Å². The highest BCUT2D eigenvalue weighted by molar-refractivity contribution is 6.71. The minimum absolute atomic E-state index is 0.625. The molecule has 2 nitrogen and oxygen atoms in total. The van der Waals surface area contributed by atoms with E-state index in [1.54, 1.807) is 0 Å². The van der Waals surface area contributed by atoms with E-state index in [1.165, 1.54) is 25.3 Å². The van der Waals surface area contributed by atoms with Crippen LogP contribution in [0.4, 0.5) is 0 Å². The van der Waals surface area contributed by atoms with Gasteiger partial charge in [0.25, 0.3) is 0 Å². The van der Waals surface area contributed by atoms with Gasteiger partial charge in [0.1, 0.15) is 0 Å². The van der Waals surface area contributed by atoms with Crippen LogP contribution in [0.3, 0.4) is 0 Å². The van der Waals surface area contributed by atoms with Gasteiger partial charge in [-0.25, -0.2) is 0 Å². The molecule has 0 radical (unpaired) electrons. The number of fused-ring (bicyclic) bond motifs is 1. The summed E-state index contributed by atoms with van der Waals surface area (Å²) in [7, 11) is -1.36. The monoisotopic (exact) mass is 214 g/mol. The van der Waals surface area contributed by atoms with Gasteiger partial charge in [-0.3, -0.25) is 0 Å². The maximum atomic E-state index is 5.88. The molecule has 2 aliphatic rings. The standard InChI is InChI=1S/C11H22O2Si/c1-4-12-14(2,3)8-9-5-6-10-11(7-9)13-10/h9-11H,4-8H2,1-3H3. The van der Waals surface area contributed by atoms with Gasteiger partial charge in [-0.05, 0) is 51.2 Å². The van der Waals surface area contributed by atoms with Crippen molar-refractivity contribution >= 4 is 8.32 Å². The Morgan fingerprint density at radius 1 is 1.29 bits per heavy atom. The van der Waals surface area contributed by atoms with Crippen molar-refractivity contribution in [2.75, 3.05) is 6.61 Å². The van der Waals surface area contributed by atoms with Crippen LogP contribution >= 0.6 is 0 Å². The van der Waals surface area contributed by atoms with Crippen LogP contribution in [0.1, 0.15) is 26.2 Å². The first-order valence-electron chi connectivity index (χ1n) is 5.90. The van der Waals surface area contributed by atoms with Gasteiger partial charge in [-0.15, -0.1) is 0 Å². The summed E-state index contributed by atoms with van der Waals surface area (Å²) < 4.78 is 11.4. The summed E-state index contributed by atoms with van der Waals surface area (Å²) in [5, 5.41) is 0. The largest absolute Gasteiger partial charge is 0.418 e. The highest BCUT2D eigenvalue weighted by atomic mass is 28.4. The number of ether oxygens (including phenoxy) is 1. The molecule has 0 aromatic carbocycles. The quantitative estimate of drug-likeness (QED) is 0.530. The maximum Gasteiger partial charge on any atom is 0.186 e. The normalized spacial score (nSPS) is 36.6. The summed E-state index contributed by atoms with van der Waals surface area (Å²) >= 11 is 0. The molecule has 3 unspecified atom stereocenters. The van der Waals surface area contributed by atoms with Gasteiger partial charge in [0, 0.05) is 6.61 Å². The van der Waals surface area contributed by atoms with E-state index < -0.39 is 8.32 Å². The predicted molar refractivity (Wildman–Crippen MR) is 59.9 cm³/mol. The molecule has 14 heavy (non-hydrogen) atoms. The van der Waals surface area contributed by atoms with Gasteiger partial charge < -0.3 is 9.16 Å². The fraction of sp³-hybridized carbons (Fsp3) is 1.00. The number of rotatable bonds is 4. The molecular formula is C11H22O2Si. The van der Waals surface area contributed by atoms with E-state index in [4.69, 9.17) is 9.16 Å². The minimum atomic E-state index is -1.36. The first-order valence-corrected chi connectivity index (χ1v) is 9.01. The molecule has 1 aliphatic carbocycles. The minimum Gasteiger partial charge on any atom is -0.418 e. The Bertz CT molecular complexity index is 205. The highest BCUT2D eigenvalue weighted by Gasteiger charge is 2.45. The van der Waals surface area contributed by atoms with E-state index in [0.717, 1.165) is 12.5 Å². The third-order valence-corrected chi connectivity index (χ3v) is 6.06. The van der Waals surface area contributed by atoms with E-state index >= 15 is 0 Å². The molecule has 1 saturated heterocycles. The molecule has 0 N–H and O–H groups in total. The molecule has 2 rings (SSSR count). The van der Waals surface area contributed by atoms with Crippen molar-refractivity contribution in [3.8, 4) is 0 Å². The second kappa shape index (κ2) is 3.95. The molecule has 1 aliphatic heterocycles. The lowest BCUT2D eigenvalue weighted by Gasteiger charge is -2.28. The Labute approximate surface area is 88.1 Å². The maximum absolute atomic E-state index is 5.88. The molecule has 3 heteroatoms. The van der Waals surface area contributed by atoms with E-state index in [9.17, 15) is 0 Å². The zero-order valence-electron chi connectivity index (χ0n) is 9.58.